The first-order valence-electron chi connectivity index (χ1n) is 5.35. The van der Waals surface area contributed by atoms with E-state index in [9.17, 15) is 4.79 Å². The summed E-state index contributed by atoms with van der Waals surface area (Å²) < 4.78 is 0. The monoisotopic (exact) mass is 164 g/mol. The molecule has 3 rings (SSSR count). The lowest BCUT2D eigenvalue weighted by Crippen LogP contribution is -2.07. The topological polar surface area (TPSA) is 17.1 Å². The predicted molar refractivity (Wildman–Crippen MR) is 46.6 cm³/mol. The van der Waals surface area contributed by atoms with Crippen LogP contribution in [-0.4, -0.2) is 5.78 Å². The minimum atomic E-state index is 0.529. The Hall–Kier alpha value is -0.330. The van der Waals surface area contributed by atoms with Gasteiger partial charge in [-0.1, -0.05) is 6.92 Å². The number of ketones is 1. The van der Waals surface area contributed by atoms with Crippen LogP contribution in [0.5, 0.6) is 0 Å². The highest BCUT2D eigenvalue weighted by Gasteiger charge is 2.66. The number of Topliss-reactive ketones (excluding diaryl/α,β-unsaturated/α-hetero) is 1. The van der Waals surface area contributed by atoms with E-state index in [1.54, 1.807) is 0 Å². The highest BCUT2D eigenvalue weighted by molar-refractivity contribution is 5.84. The second kappa shape index (κ2) is 2.12. The van der Waals surface area contributed by atoms with Gasteiger partial charge in [-0.15, -0.1) is 0 Å². The molecule has 5 atom stereocenters. The molecule has 0 aromatic rings. The second-order valence-electron chi connectivity index (χ2n) is 4.83. The molecule has 2 bridgehead atoms. The molecule has 0 radical (unpaired) electrons. The molecule has 0 saturated heterocycles. The zero-order chi connectivity index (χ0) is 8.29. The van der Waals surface area contributed by atoms with Gasteiger partial charge in [0, 0.05) is 12.3 Å². The molecule has 3 fully saturated rings. The first-order valence-corrected chi connectivity index (χ1v) is 5.35. The summed E-state index contributed by atoms with van der Waals surface area (Å²) in [4.78, 5) is 11.5. The van der Waals surface area contributed by atoms with E-state index in [1.807, 2.05) is 6.92 Å². The lowest BCUT2D eigenvalue weighted by atomic mass is 9.99. The van der Waals surface area contributed by atoms with Crippen LogP contribution in [0.4, 0.5) is 0 Å². The van der Waals surface area contributed by atoms with E-state index in [0.29, 0.717) is 11.7 Å². The van der Waals surface area contributed by atoms with Crippen LogP contribution in [-0.2, 0) is 4.79 Å². The third-order valence-corrected chi connectivity index (χ3v) is 4.46. The minimum Gasteiger partial charge on any atom is -0.299 e. The molecule has 1 nitrogen and oxygen atoms in total. The van der Waals surface area contributed by atoms with E-state index in [4.69, 9.17) is 0 Å². The number of carbonyl (C=O) groups is 1. The van der Waals surface area contributed by atoms with Crippen LogP contribution in [0.25, 0.3) is 0 Å². The fourth-order valence-corrected chi connectivity index (χ4v) is 3.99. The van der Waals surface area contributed by atoms with Gasteiger partial charge in [0.15, 0.2) is 0 Å². The van der Waals surface area contributed by atoms with E-state index in [0.717, 1.165) is 30.1 Å². The zero-order valence-corrected chi connectivity index (χ0v) is 7.62. The van der Waals surface area contributed by atoms with Gasteiger partial charge in [0.1, 0.15) is 5.78 Å². The normalized spacial score (nSPS) is 53.9. The molecule has 0 spiro atoms. The van der Waals surface area contributed by atoms with Gasteiger partial charge in [-0.2, -0.15) is 0 Å². The summed E-state index contributed by atoms with van der Waals surface area (Å²) in [7, 11) is 0. The number of rotatable bonds is 2. The van der Waals surface area contributed by atoms with E-state index in [2.05, 4.69) is 0 Å². The molecule has 0 amide bonds. The smallest absolute Gasteiger partial charge is 0.136 e. The third-order valence-electron chi connectivity index (χ3n) is 4.46. The van der Waals surface area contributed by atoms with Gasteiger partial charge in [-0.05, 0) is 42.9 Å². The summed E-state index contributed by atoms with van der Waals surface area (Å²) in [6.45, 7) is 2.01. The van der Waals surface area contributed by atoms with Crippen LogP contribution in [0.3, 0.4) is 0 Å². The zero-order valence-electron chi connectivity index (χ0n) is 7.62. The van der Waals surface area contributed by atoms with Crippen molar-refractivity contribution in [3.05, 3.63) is 0 Å². The molecule has 3 saturated carbocycles. The first kappa shape index (κ1) is 7.11. The first-order chi connectivity index (χ1) is 5.83. The van der Waals surface area contributed by atoms with Crippen molar-refractivity contribution >= 4 is 5.78 Å². The highest BCUT2D eigenvalue weighted by atomic mass is 16.1. The molecule has 3 aliphatic rings. The van der Waals surface area contributed by atoms with Crippen molar-refractivity contribution < 1.29 is 4.79 Å². The van der Waals surface area contributed by atoms with Crippen molar-refractivity contribution in [2.45, 2.75) is 32.6 Å². The quantitative estimate of drug-likeness (QED) is 0.612. The molecule has 1 heteroatoms. The fourth-order valence-electron chi connectivity index (χ4n) is 3.99. The van der Waals surface area contributed by atoms with Crippen LogP contribution in [0.1, 0.15) is 32.6 Å². The largest absolute Gasteiger partial charge is 0.299 e. The number of carbonyl (C=O) groups excluding carboxylic acids is 1. The maximum absolute atomic E-state index is 11.5. The molecule has 0 N–H and O–H groups in total. The van der Waals surface area contributed by atoms with E-state index in [1.165, 1.54) is 19.3 Å². The Balaban J connectivity index is 1.78. The second-order valence-corrected chi connectivity index (χ2v) is 4.83. The van der Waals surface area contributed by atoms with Crippen molar-refractivity contribution in [2.24, 2.45) is 29.6 Å². The van der Waals surface area contributed by atoms with Crippen LogP contribution in [0.15, 0.2) is 0 Å². The summed E-state index contributed by atoms with van der Waals surface area (Å²) in [5.74, 6) is 4.72. The van der Waals surface area contributed by atoms with Gasteiger partial charge in [-0.3, -0.25) is 4.79 Å². The van der Waals surface area contributed by atoms with Crippen LogP contribution in [0.2, 0.25) is 0 Å². The molecule has 66 valence electrons. The fraction of sp³-hybridized carbons (Fsp3) is 0.909. The van der Waals surface area contributed by atoms with E-state index < -0.39 is 0 Å². The van der Waals surface area contributed by atoms with Crippen LogP contribution >= 0.6 is 0 Å². The maximum Gasteiger partial charge on any atom is 0.136 e. The molecule has 3 aliphatic carbocycles. The molecule has 0 aromatic carbocycles. The average Bonchev–Trinajstić information content (AvgIpc) is 2.53. The number of hydrogen-bond donors (Lipinski definition) is 0. The van der Waals surface area contributed by atoms with Gasteiger partial charge < -0.3 is 0 Å². The summed E-state index contributed by atoms with van der Waals surface area (Å²) in [5, 5.41) is 0. The molecule has 0 heterocycles. The Morgan fingerprint density at radius 1 is 1.25 bits per heavy atom. The van der Waals surface area contributed by atoms with Crippen molar-refractivity contribution in [1.29, 1.82) is 0 Å². The van der Waals surface area contributed by atoms with Crippen molar-refractivity contribution in [1.82, 2.24) is 0 Å². The molecular formula is C11H16O. The standard InChI is InChI=1S/C11H16O/c1-2-8(12)11-9-6-3-4-7(5-6)10(9)11/h6-7,9-11H,2-5H2,1H3/t6-,7+,9+,10-,11?. The molecule has 12 heavy (non-hydrogen) atoms. The van der Waals surface area contributed by atoms with Gasteiger partial charge >= 0.3 is 0 Å². The van der Waals surface area contributed by atoms with Crippen molar-refractivity contribution in [3.63, 3.8) is 0 Å². The lowest BCUT2D eigenvalue weighted by molar-refractivity contribution is -0.120. The number of hydrogen-bond acceptors (Lipinski definition) is 1. The van der Waals surface area contributed by atoms with Crippen LogP contribution in [0, 0.1) is 29.6 Å². The predicted octanol–water partition coefficient (Wildman–Crippen LogP) is 2.26. The lowest BCUT2D eigenvalue weighted by Gasteiger charge is -2.05. The Kier molecular flexibility index (Phi) is 1.26. The van der Waals surface area contributed by atoms with Crippen molar-refractivity contribution in [2.75, 3.05) is 0 Å². The Labute approximate surface area is 73.5 Å². The van der Waals surface area contributed by atoms with Gasteiger partial charge in [0.05, 0.1) is 0 Å². The maximum atomic E-state index is 11.5. The van der Waals surface area contributed by atoms with Gasteiger partial charge in [0.2, 0.25) is 0 Å². The Bertz CT molecular complexity index is 217. The molecule has 1 unspecified atom stereocenters. The third kappa shape index (κ3) is 0.681. The van der Waals surface area contributed by atoms with Crippen molar-refractivity contribution in [3.8, 4) is 0 Å². The van der Waals surface area contributed by atoms with Crippen LogP contribution < -0.4 is 0 Å². The molecule has 0 aliphatic heterocycles. The SMILES string of the molecule is CCC(=O)C1[C@@H]2[C@H]3CC[C@H](C3)[C@H]12. The summed E-state index contributed by atoms with van der Waals surface area (Å²) in [6.07, 6.45) is 5.10. The van der Waals surface area contributed by atoms with E-state index in [-0.39, 0.29) is 0 Å². The molecule has 0 aromatic heterocycles. The van der Waals surface area contributed by atoms with Gasteiger partial charge in [-0.25, -0.2) is 0 Å². The summed E-state index contributed by atoms with van der Waals surface area (Å²) >= 11 is 0. The summed E-state index contributed by atoms with van der Waals surface area (Å²) in [5.41, 5.74) is 0. The minimum absolute atomic E-state index is 0.529. The molecular weight excluding hydrogens is 148 g/mol. The Morgan fingerprint density at radius 3 is 2.33 bits per heavy atom. The van der Waals surface area contributed by atoms with Gasteiger partial charge in [0.25, 0.3) is 0 Å². The Morgan fingerprint density at radius 2 is 1.83 bits per heavy atom. The number of fused-ring (bicyclic) bond motifs is 5. The van der Waals surface area contributed by atoms with E-state index >= 15 is 0 Å². The highest BCUT2D eigenvalue weighted by Crippen LogP contribution is 2.69. The average molecular weight is 164 g/mol. The summed E-state index contributed by atoms with van der Waals surface area (Å²) in [6, 6.07) is 0.